The third-order valence-electron chi connectivity index (χ3n) is 6.98. The largest absolute Gasteiger partial charge is 0.356 e. The number of carbonyl (C=O) groups is 2. The van der Waals surface area contributed by atoms with Crippen LogP contribution in [0.3, 0.4) is 0 Å². The summed E-state index contributed by atoms with van der Waals surface area (Å²) in [6.07, 6.45) is 4.65. The Hall–Kier alpha value is -3.40. The van der Waals surface area contributed by atoms with E-state index in [-0.39, 0.29) is 17.2 Å². The first-order chi connectivity index (χ1) is 18.5. The summed E-state index contributed by atoms with van der Waals surface area (Å²) >= 11 is 1.49. The molecule has 0 saturated heterocycles. The number of rotatable bonds is 10. The van der Waals surface area contributed by atoms with E-state index in [0.29, 0.717) is 11.7 Å². The van der Waals surface area contributed by atoms with Crippen LogP contribution in [0, 0.1) is 12.3 Å². The molecule has 10 heteroatoms. The van der Waals surface area contributed by atoms with Gasteiger partial charge in [-0.25, -0.2) is 9.97 Å². The maximum Gasteiger partial charge on any atom is 0.225 e. The molecule has 1 aliphatic carbocycles. The number of hydrogen-bond donors (Lipinski definition) is 4. The van der Waals surface area contributed by atoms with Gasteiger partial charge >= 0.3 is 0 Å². The molecule has 2 aromatic heterocycles. The van der Waals surface area contributed by atoms with E-state index in [0.717, 1.165) is 71.3 Å². The highest BCUT2D eigenvalue weighted by Gasteiger charge is 2.41. The van der Waals surface area contributed by atoms with Crippen LogP contribution in [0.1, 0.15) is 77.3 Å². The van der Waals surface area contributed by atoms with Crippen molar-refractivity contribution < 1.29 is 9.59 Å². The lowest BCUT2D eigenvalue weighted by Crippen LogP contribution is -2.38. The number of nitrogens with one attached hydrogen (secondary N) is 4. The maximum atomic E-state index is 12.6. The summed E-state index contributed by atoms with van der Waals surface area (Å²) in [4.78, 5) is 35.0. The summed E-state index contributed by atoms with van der Waals surface area (Å²) < 4.78 is 0. The summed E-state index contributed by atoms with van der Waals surface area (Å²) in [5.41, 5.74) is 3.34. The van der Waals surface area contributed by atoms with E-state index < -0.39 is 5.41 Å². The normalized spacial score (nSPS) is 16.6. The molecule has 39 heavy (non-hydrogen) atoms. The van der Waals surface area contributed by atoms with Crippen molar-refractivity contribution >= 4 is 40.9 Å². The smallest absolute Gasteiger partial charge is 0.225 e. The van der Waals surface area contributed by atoms with Gasteiger partial charge in [-0.3, -0.25) is 14.7 Å². The highest BCUT2D eigenvalue weighted by Crippen LogP contribution is 2.47. The van der Waals surface area contributed by atoms with Crippen LogP contribution in [0.15, 0.2) is 40.4 Å². The molecule has 0 fully saturated rings. The number of carbonyl (C=O) groups excluding carboxylic acids is 2. The van der Waals surface area contributed by atoms with E-state index in [1.807, 2.05) is 58.0 Å². The van der Waals surface area contributed by atoms with Crippen molar-refractivity contribution in [2.75, 3.05) is 17.2 Å². The predicted molar refractivity (Wildman–Crippen MR) is 155 cm³/mol. The standard InChI is InChI=1S/C29H39N7O2S/c1-7-13-29(15-16-30-26(38)28(4,5)6)14-12-22-24(29)33-27(34-25(22)32-23-17-18(2)35-36-23)39-21-10-8-20(9-11-21)31-19(3)37/h8-11,17H,7,12-16H2,1-6H3,(H,30,38)(H,31,37)(H2,32,33,34,35,36). The van der Waals surface area contributed by atoms with Crippen LogP contribution in [0.25, 0.3) is 0 Å². The number of anilines is 3. The summed E-state index contributed by atoms with van der Waals surface area (Å²) in [6.45, 7) is 12.1. The summed E-state index contributed by atoms with van der Waals surface area (Å²) in [5.74, 6) is 1.45. The van der Waals surface area contributed by atoms with E-state index in [1.165, 1.54) is 18.7 Å². The first kappa shape index (κ1) is 28.6. The van der Waals surface area contributed by atoms with Gasteiger partial charge in [0.15, 0.2) is 11.0 Å². The Morgan fingerprint density at radius 3 is 2.49 bits per heavy atom. The Morgan fingerprint density at radius 2 is 1.87 bits per heavy atom. The number of hydrogen-bond acceptors (Lipinski definition) is 7. The fourth-order valence-electron chi connectivity index (χ4n) is 5.06. The molecular weight excluding hydrogens is 510 g/mol. The van der Waals surface area contributed by atoms with Gasteiger partial charge in [-0.2, -0.15) is 5.10 Å². The van der Waals surface area contributed by atoms with E-state index in [4.69, 9.17) is 9.97 Å². The fraction of sp³-hybridized carbons (Fsp3) is 0.483. The number of nitrogens with zero attached hydrogens (tertiary/aromatic N) is 3. The lowest BCUT2D eigenvalue weighted by Gasteiger charge is -2.30. The number of fused-ring (bicyclic) bond motifs is 1. The number of aromatic amines is 1. The molecular formula is C29H39N7O2S. The minimum Gasteiger partial charge on any atom is -0.356 e. The molecule has 1 aromatic carbocycles. The Bertz CT molecular complexity index is 1330. The average Bonchev–Trinajstić information content (AvgIpc) is 3.43. The lowest BCUT2D eigenvalue weighted by molar-refractivity contribution is -0.128. The van der Waals surface area contributed by atoms with Crippen LogP contribution in [-0.4, -0.2) is 38.5 Å². The third-order valence-corrected chi connectivity index (χ3v) is 7.85. The van der Waals surface area contributed by atoms with E-state index in [9.17, 15) is 9.59 Å². The van der Waals surface area contributed by atoms with Gasteiger partial charge in [0, 0.05) is 52.2 Å². The maximum absolute atomic E-state index is 12.6. The zero-order chi connectivity index (χ0) is 28.2. The number of aromatic nitrogens is 4. The molecule has 0 saturated carbocycles. The molecule has 0 aliphatic heterocycles. The quantitative estimate of drug-likeness (QED) is 0.232. The zero-order valence-electron chi connectivity index (χ0n) is 23.7. The van der Waals surface area contributed by atoms with Crippen LogP contribution in [0.4, 0.5) is 17.3 Å². The van der Waals surface area contributed by atoms with Gasteiger partial charge in [0.25, 0.3) is 0 Å². The first-order valence-electron chi connectivity index (χ1n) is 13.5. The van der Waals surface area contributed by atoms with Crippen molar-refractivity contribution in [3.05, 3.63) is 47.3 Å². The summed E-state index contributed by atoms with van der Waals surface area (Å²) in [7, 11) is 0. The number of benzene rings is 1. The van der Waals surface area contributed by atoms with Gasteiger partial charge in [-0.1, -0.05) is 34.1 Å². The monoisotopic (exact) mass is 549 g/mol. The highest BCUT2D eigenvalue weighted by molar-refractivity contribution is 7.99. The van der Waals surface area contributed by atoms with Gasteiger partial charge < -0.3 is 16.0 Å². The summed E-state index contributed by atoms with van der Waals surface area (Å²) in [6, 6.07) is 9.62. The van der Waals surface area contributed by atoms with Crippen LogP contribution in [0.2, 0.25) is 0 Å². The van der Waals surface area contributed by atoms with E-state index in [1.54, 1.807) is 0 Å². The predicted octanol–water partition coefficient (Wildman–Crippen LogP) is 5.90. The minimum atomic E-state index is -0.425. The van der Waals surface area contributed by atoms with E-state index >= 15 is 0 Å². The van der Waals surface area contributed by atoms with Crippen LogP contribution >= 0.6 is 11.8 Å². The van der Waals surface area contributed by atoms with Crippen molar-refractivity contribution in [3.63, 3.8) is 0 Å². The minimum absolute atomic E-state index is 0.0604. The lowest BCUT2D eigenvalue weighted by atomic mass is 9.77. The molecule has 4 N–H and O–H groups in total. The molecule has 208 valence electrons. The van der Waals surface area contributed by atoms with Crippen molar-refractivity contribution in [1.29, 1.82) is 0 Å². The molecule has 0 spiro atoms. The fourth-order valence-corrected chi connectivity index (χ4v) is 5.82. The average molecular weight is 550 g/mol. The van der Waals surface area contributed by atoms with Crippen LogP contribution < -0.4 is 16.0 Å². The molecule has 9 nitrogen and oxygen atoms in total. The van der Waals surface area contributed by atoms with Gasteiger partial charge in [0.2, 0.25) is 11.8 Å². The van der Waals surface area contributed by atoms with Gasteiger partial charge in [0.1, 0.15) is 5.82 Å². The molecule has 1 unspecified atom stereocenters. The number of amides is 2. The molecule has 1 aliphatic rings. The molecule has 1 atom stereocenters. The molecule has 2 amide bonds. The third kappa shape index (κ3) is 6.98. The Kier molecular flexibility index (Phi) is 8.64. The molecule has 4 rings (SSSR count). The SMILES string of the molecule is CCCC1(CCNC(=O)C(C)(C)C)CCc2c(Nc3cc(C)[nH]n3)nc(Sc3ccc(NC(C)=O)cc3)nc21. The second-order valence-electron chi connectivity index (χ2n) is 11.3. The molecule has 0 bridgehead atoms. The van der Waals surface area contributed by atoms with Crippen molar-refractivity contribution in [2.24, 2.45) is 5.41 Å². The second kappa shape index (κ2) is 11.8. The Labute approximate surface area is 234 Å². The first-order valence-corrected chi connectivity index (χ1v) is 14.3. The van der Waals surface area contributed by atoms with E-state index in [2.05, 4.69) is 33.1 Å². The van der Waals surface area contributed by atoms with Crippen molar-refractivity contribution in [3.8, 4) is 0 Å². The van der Waals surface area contributed by atoms with Gasteiger partial charge in [0.05, 0.1) is 5.69 Å². The summed E-state index contributed by atoms with van der Waals surface area (Å²) in [5, 5.41) is 17.4. The Balaban J connectivity index is 1.67. The second-order valence-corrected chi connectivity index (χ2v) is 12.4. The van der Waals surface area contributed by atoms with Crippen LogP contribution in [0.5, 0.6) is 0 Å². The molecule has 2 heterocycles. The van der Waals surface area contributed by atoms with Gasteiger partial charge in [-0.05, 0) is 68.6 Å². The number of H-pyrrole nitrogens is 1. The van der Waals surface area contributed by atoms with Crippen LogP contribution in [-0.2, 0) is 21.4 Å². The topological polar surface area (TPSA) is 125 Å². The van der Waals surface area contributed by atoms with Crippen molar-refractivity contribution in [1.82, 2.24) is 25.5 Å². The Morgan fingerprint density at radius 1 is 1.13 bits per heavy atom. The van der Waals surface area contributed by atoms with Gasteiger partial charge in [-0.15, -0.1) is 0 Å². The zero-order valence-corrected chi connectivity index (χ0v) is 24.5. The molecule has 0 radical (unpaired) electrons. The van der Waals surface area contributed by atoms with Crippen molar-refractivity contribution in [2.45, 2.75) is 89.1 Å². The highest BCUT2D eigenvalue weighted by atomic mass is 32.2. The molecule has 3 aromatic rings. The number of aryl methyl sites for hydroxylation is 1.